The van der Waals surface area contributed by atoms with Crippen molar-refractivity contribution in [3.63, 3.8) is 0 Å². The van der Waals surface area contributed by atoms with Gasteiger partial charge in [-0.2, -0.15) is 4.98 Å². The quantitative estimate of drug-likeness (QED) is 0.270. The van der Waals surface area contributed by atoms with Gasteiger partial charge in [-0.3, -0.25) is 13.9 Å². The average Bonchev–Trinajstić information content (AvgIpc) is 2.91. The second-order valence-electron chi connectivity index (χ2n) is 7.09. The van der Waals surface area contributed by atoms with Crippen LogP contribution in [0, 0.1) is 0 Å². The van der Waals surface area contributed by atoms with Crippen LogP contribution >= 0.6 is 8.18 Å². The Labute approximate surface area is 172 Å². The molecule has 1 aliphatic heterocycles. The number of halogens is 1. The summed E-state index contributed by atoms with van der Waals surface area (Å²) in [4.78, 5) is 27.2. The van der Waals surface area contributed by atoms with Crippen molar-refractivity contribution in [2.45, 2.75) is 57.0 Å². The lowest BCUT2D eigenvalue weighted by Gasteiger charge is -2.28. The monoisotopic (exact) mass is 452 g/mol. The van der Waals surface area contributed by atoms with Gasteiger partial charge in [0.2, 0.25) is 0 Å². The van der Waals surface area contributed by atoms with Crippen molar-refractivity contribution in [3.8, 4) is 0 Å². The zero-order chi connectivity index (χ0) is 22.6. The van der Waals surface area contributed by atoms with Gasteiger partial charge in [-0.05, 0) is 26.8 Å². The Balaban J connectivity index is 2.04. The summed E-state index contributed by atoms with van der Waals surface area (Å²) >= 11 is 0. The molecule has 1 aromatic heterocycles. The standard InChI is InChI=1S/C16H26FN4O8P/c1-8(2)28-13(23)9(3)20-30(26)27-6-10-12(22)16(25,7-17)14(29-10)21-5-4-11(18)19-15(21)24/h4-5,8-10,12,14,22,25,30H,6-7H2,1-3H3,(H,20,26)(H2,18,19,24)/t9-,10?,12-,14+,16?/m0/s1. The molecule has 5 N–H and O–H groups in total. The highest BCUT2D eigenvalue weighted by Gasteiger charge is 2.57. The van der Waals surface area contributed by atoms with Gasteiger partial charge in [0.05, 0.1) is 12.7 Å². The molecule has 12 nitrogen and oxygen atoms in total. The first kappa shape index (κ1) is 24.4. The van der Waals surface area contributed by atoms with Crippen molar-refractivity contribution in [1.29, 1.82) is 0 Å². The van der Waals surface area contributed by atoms with E-state index in [0.717, 1.165) is 10.8 Å². The predicted molar refractivity (Wildman–Crippen MR) is 103 cm³/mol. The van der Waals surface area contributed by atoms with Crippen molar-refractivity contribution in [3.05, 3.63) is 22.7 Å². The first-order chi connectivity index (χ1) is 14.0. The van der Waals surface area contributed by atoms with E-state index in [-0.39, 0.29) is 11.9 Å². The van der Waals surface area contributed by atoms with Crippen LogP contribution in [0.15, 0.2) is 17.1 Å². The summed E-state index contributed by atoms with van der Waals surface area (Å²) in [5, 5.41) is 23.3. The maximum Gasteiger partial charge on any atom is 0.351 e. The number of anilines is 1. The van der Waals surface area contributed by atoms with Crippen molar-refractivity contribution in [2.24, 2.45) is 0 Å². The Morgan fingerprint density at radius 3 is 2.77 bits per heavy atom. The van der Waals surface area contributed by atoms with Gasteiger partial charge in [-0.15, -0.1) is 0 Å². The molecule has 6 atom stereocenters. The molecule has 2 rings (SSSR count). The highest BCUT2D eigenvalue weighted by atomic mass is 31.1. The average molecular weight is 452 g/mol. The molecule has 3 unspecified atom stereocenters. The third-order valence-corrected chi connectivity index (χ3v) is 5.43. The van der Waals surface area contributed by atoms with E-state index >= 15 is 0 Å². The molecule has 1 aliphatic rings. The van der Waals surface area contributed by atoms with E-state index in [9.17, 15) is 28.8 Å². The first-order valence-corrected chi connectivity index (χ1v) is 10.4. The van der Waals surface area contributed by atoms with Crippen LogP contribution in [-0.4, -0.2) is 69.0 Å². The summed E-state index contributed by atoms with van der Waals surface area (Å²) in [6.45, 7) is 2.78. The minimum atomic E-state index is -2.98. The number of nitrogens with two attached hydrogens (primary N) is 1. The van der Waals surface area contributed by atoms with Gasteiger partial charge in [0, 0.05) is 6.20 Å². The third-order valence-electron chi connectivity index (χ3n) is 4.33. The molecule has 0 radical (unpaired) electrons. The molecule has 0 aliphatic carbocycles. The normalized spacial score (nSPS) is 28.4. The Bertz CT molecular complexity index is 840. The Hall–Kier alpha value is -1.89. The SMILES string of the molecule is CC(C)OC(=O)[C@H](C)N[PH](=O)OCC1O[C@@H](n2ccc(N)nc2=O)C(O)(CF)[C@H]1O. The Morgan fingerprint density at radius 2 is 2.20 bits per heavy atom. The van der Waals surface area contributed by atoms with Crippen molar-refractivity contribution in [1.82, 2.24) is 14.6 Å². The number of nitrogens with zero attached hydrogens (tertiary/aromatic N) is 2. The van der Waals surface area contributed by atoms with Crippen LogP contribution in [0.25, 0.3) is 0 Å². The number of hydrogen-bond acceptors (Lipinski definition) is 10. The predicted octanol–water partition coefficient (Wildman–Crippen LogP) is -0.880. The fraction of sp³-hybridized carbons (Fsp3) is 0.688. The number of aliphatic hydroxyl groups excluding tert-OH is 1. The maximum atomic E-state index is 13.6. The molecule has 0 amide bonds. The lowest BCUT2D eigenvalue weighted by atomic mass is 9.95. The van der Waals surface area contributed by atoms with Gasteiger partial charge in [0.1, 0.15) is 30.7 Å². The molecule has 14 heteroatoms. The van der Waals surface area contributed by atoms with Crippen LogP contribution in [-0.2, 0) is 23.4 Å². The summed E-state index contributed by atoms with van der Waals surface area (Å²) in [6, 6.07) is 0.308. The van der Waals surface area contributed by atoms with E-state index in [4.69, 9.17) is 19.7 Å². The van der Waals surface area contributed by atoms with Gasteiger partial charge < -0.3 is 29.9 Å². The number of rotatable bonds is 9. The molecular weight excluding hydrogens is 426 g/mol. The van der Waals surface area contributed by atoms with Crippen LogP contribution in [0.2, 0.25) is 0 Å². The van der Waals surface area contributed by atoms with Gasteiger partial charge >= 0.3 is 11.7 Å². The molecule has 170 valence electrons. The molecule has 1 fully saturated rings. The van der Waals surface area contributed by atoms with Crippen LogP contribution < -0.4 is 16.5 Å². The maximum absolute atomic E-state index is 13.6. The molecule has 2 heterocycles. The number of aliphatic hydroxyl groups is 2. The zero-order valence-electron chi connectivity index (χ0n) is 16.6. The van der Waals surface area contributed by atoms with E-state index in [0.29, 0.717) is 0 Å². The molecule has 30 heavy (non-hydrogen) atoms. The van der Waals surface area contributed by atoms with Gasteiger partial charge in [-0.1, -0.05) is 0 Å². The molecule has 0 saturated carbocycles. The number of hydrogen-bond donors (Lipinski definition) is 4. The van der Waals surface area contributed by atoms with Gasteiger partial charge in [-0.25, -0.2) is 14.3 Å². The molecule has 0 bridgehead atoms. The molecular formula is C16H26FN4O8P. The minimum Gasteiger partial charge on any atom is -0.462 e. The van der Waals surface area contributed by atoms with E-state index < -0.39 is 63.2 Å². The van der Waals surface area contributed by atoms with E-state index in [1.807, 2.05) is 0 Å². The van der Waals surface area contributed by atoms with Crippen molar-refractivity contribution in [2.75, 3.05) is 19.0 Å². The summed E-state index contributed by atoms with van der Waals surface area (Å²) in [6.07, 6.45) is -3.97. The van der Waals surface area contributed by atoms with E-state index in [1.165, 1.54) is 13.0 Å². The van der Waals surface area contributed by atoms with Gasteiger partial charge in [0.25, 0.3) is 8.18 Å². The highest BCUT2D eigenvalue weighted by Crippen LogP contribution is 2.39. The van der Waals surface area contributed by atoms with Gasteiger partial charge in [0.15, 0.2) is 11.8 Å². The summed E-state index contributed by atoms with van der Waals surface area (Å²) in [7, 11) is -2.98. The first-order valence-electron chi connectivity index (χ1n) is 9.10. The summed E-state index contributed by atoms with van der Waals surface area (Å²) in [5.74, 6) is -0.723. The fourth-order valence-corrected chi connectivity index (χ4v) is 3.65. The van der Waals surface area contributed by atoms with Crippen LogP contribution in [0.5, 0.6) is 0 Å². The Morgan fingerprint density at radius 1 is 1.53 bits per heavy atom. The van der Waals surface area contributed by atoms with Crippen LogP contribution in [0.1, 0.15) is 27.0 Å². The molecule has 1 saturated heterocycles. The zero-order valence-corrected chi connectivity index (χ0v) is 17.6. The largest absolute Gasteiger partial charge is 0.462 e. The van der Waals surface area contributed by atoms with E-state index in [1.54, 1.807) is 13.8 Å². The number of ether oxygens (including phenoxy) is 2. The lowest BCUT2D eigenvalue weighted by Crippen LogP contribution is -2.50. The number of nitrogens with one attached hydrogen (secondary N) is 1. The Kier molecular flexibility index (Phi) is 8.08. The second kappa shape index (κ2) is 9.94. The number of alkyl halides is 1. The summed E-state index contributed by atoms with van der Waals surface area (Å²) in [5.41, 5.74) is 2.01. The number of carbonyl (C=O) groups excluding carboxylic acids is 1. The fourth-order valence-electron chi connectivity index (χ4n) is 2.78. The molecule has 0 spiro atoms. The highest BCUT2D eigenvalue weighted by molar-refractivity contribution is 7.36. The summed E-state index contributed by atoms with van der Waals surface area (Å²) < 4.78 is 41.9. The number of esters is 1. The minimum absolute atomic E-state index is 0.0896. The molecule has 0 aromatic carbocycles. The lowest BCUT2D eigenvalue weighted by molar-refractivity contribution is -0.149. The molecule has 1 aromatic rings. The van der Waals surface area contributed by atoms with Crippen LogP contribution in [0.4, 0.5) is 10.2 Å². The smallest absolute Gasteiger partial charge is 0.351 e. The number of carbonyl (C=O) groups is 1. The number of aromatic nitrogens is 2. The number of nitrogen functional groups attached to an aromatic ring is 1. The van der Waals surface area contributed by atoms with E-state index in [2.05, 4.69) is 10.1 Å². The third kappa shape index (κ3) is 5.42. The second-order valence-corrected chi connectivity index (χ2v) is 8.24. The van der Waals surface area contributed by atoms with Crippen LogP contribution in [0.3, 0.4) is 0 Å². The topological polar surface area (TPSA) is 175 Å². The van der Waals surface area contributed by atoms with Crippen molar-refractivity contribution >= 4 is 20.0 Å². The van der Waals surface area contributed by atoms with Crippen molar-refractivity contribution < 1.29 is 38.0 Å².